The average Bonchev–Trinajstić information content (AvgIpc) is 2.64. The zero-order valence-corrected chi connectivity index (χ0v) is 8.14. The van der Waals surface area contributed by atoms with Crippen molar-refractivity contribution in [3.63, 3.8) is 0 Å². The minimum atomic E-state index is -0.414. The van der Waals surface area contributed by atoms with Gasteiger partial charge in [0.15, 0.2) is 0 Å². The fourth-order valence-corrected chi connectivity index (χ4v) is 1.45. The molecule has 15 heavy (non-hydrogen) atoms. The number of nitrogens with zero attached hydrogens (tertiary/aromatic N) is 2. The maximum absolute atomic E-state index is 13.6. The Morgan fingerprint density at radius 3 is 2.73 bits per heavy atom. The summed E-state index contributed by atoms with van der Waals surface area (Å²) in [6.07, 6.45) is 2.22. The quantitative estimate of drug-likeness (QED) is 0.701. The predicted octanol–water partition coefficient (Wildman–Crippen LogP) is 2.04. The summed E-state index contributed by atoms with van der Waals surface area (Å²) >= 11 is 0. The lowest BCUT2D eigenvalue weighted by molar-refractivity contribution is 0.112. The Kier molecular flexibility index (Phi) is 2.33. The van der Waals surface area contributed by atoms with Crippen LogP contribution in [0.5, 0.6) is 0 Å². The summed E-state index contributed by atoms with van der Waals surface area (Å²) in [5, 5.41) is 3.96. The van der Waals surface area contributed by atoms with E-state index in [9.17, 15) is 9.18 Å². The molecule has 76 valence electrons. The van der Waals surface area contributed by atoms with Crippen molar-refractivity contribution in [1.82, 2.24) is 9.78 Å². The van der Waals surface area contributed by atoms with Crippen LogP contribution in [0.15, 0.2) is 30.5 Å². The second-order valence-corrected chi connectivity index (χ2v) is 3.20. The van der Waals surface area contributed by atoms with E-state index in [0.717, 1.165) is 0 Å². The molecule has 0 aliphatic carbocycles. The summed E-state index contributed by atoms with van der Waals surface area (Å²) in [4.78, 5) is 10.4. The first-order valence-electron chi connectivity index (χ1n) is 4.45. The fraction of sp³-hybridized carbons (Fsp3) is 0.0909. The van der Waals surface area contributed by atoms with Crippen molar-refractivity contribution in [3.8, 4) is 11.3 Å². The molecular formula is C11H9FN2O. The van der Waals surface area contributed by atoms with Crippen molar-refractivity contribution in [2.45, 2.75) is 0 Å². The normalized spacial score (nSPS) is 10.3. The zero-order chi connectivity index (χ0) is 10.8. The van der Waals surface area contributed by atoms with Gasteiger partial charge in [0.05, 0.1) is 5.69 Å². The monoisotopic (exact) mass is 204 g/mol. The van der Waals surface area contributed by atoms with Crippen molar-refractivity contribution in [2.75, 3.05) is 0 Å². The Morgan fingerprint density at radius 1 is 1.40 bits per heavy atom. The lowest BCUT2D eigenvalue weighted by Crippen LogP contribution is -1.96. The number of carbonyl (C=O) groups is 1. The van der Waals surface area contributed by atoms with Gasteiger partial charge in [-0.1, -0.05) is 6.07 Å². The van der Waals surface area contributed by atoms with Crippen LogP contribution >= 0.6 is 0 Å². The molecule has 0 atom stereocenters. The van der Waals surface area contributed by atoms with E-state index >= 15 is 0 Å². The molecule has 0 amide bonds. The SMILES string of the molecule is Cn1nccc1-c1ccc(C=O)cc1F. The molecule has 0 saturated heterocycles. The number of halogens is 1. The van der Waals surface area contributed by atoms with Gasteiger partial charge in [0, 0.05) is 24.4 Å². The first kappa shape index (κ1) is 9.58. The zero-order valence-electron chi connectivity index (χ0n) is 8.14. The van der Waals surface area contributed by atoms with Gasteiger partial charge in [-0.3, -0.25) is 9.48 Å². The summed E-state index contributed by atoms with van der Waals surface area (Å²) in [5.74, 6) is -0.414. The number of aromatic nitrogens is 2. The first-order chi connectivity index (χ1) is 7.22. The predicted molar refractivity (Wildman–Crippen MR) is 54.0 cm³/mol. The van der Waals surface area contributed by atoms with Crippen LogP contribution in [0.1, 0.15) is 10.4 Å². The van der Waals surface area contributed by atoms with Crippen LogP contribution in [0.4, 0.5) is 4.39 Å². The Labute approximate surface area is 86.2 Å². The maximum atomic E-state index is 13.6. The second-order valence-electron chi connectivity index (χ2n) is 3.20. The van der Waals surface area contributed by atoms with E-state index in [2.05, 4.69) is 5.10 Å². The van der Waals surface area contributed by atoms with Gasteiger partial charge in [-0.2, -0.15) is 5.10 Å². The standard InChI is InChI=1S/C11H9FN2O/c1-14-11(4-5-13-14)9-3-2-8(7-15)6-10(9)12/h2-7H,1H3. The van der Waals surface area contributed by atoms with Crippen LogP contribution < -0.4 is 0 Å². The van der Waals surface area contributed by atoms with Crippen molar-refractivity contribution >= 4 is 6.29 Å². The Hall–Kier alpha value is -1.97. The maximum Gasteiger partial charge on any atom is 0.150 e. The van der Waals surface area contributed by atoms with E-state index < -0.39 is 5.82 Å². The molecule has 0 aliphatic heterocycles. The summed E-state index contributed by atoms with van der Waals surface area (Å²) < 4.78 is 15.2. The molecule has 2 rings (SSSR count). The van der Waals surface area contributed by atoms with Crippen LogP contribution in [0.3, 0.4) is 0 Å². The first-order valence-corrected chi connectivity index (χ1v) is 4.45. The smallest absolute Gasteiger partial charge is 0.150 e. The summed E-state index contributed by atoms with van der Waals surface area (Å²) in [7, 11) is 1.74. The number of aldehydes is 1. The Morgan fingerprint density at radius 2 is 2.20 bits per heavy atom. The van der Waals surface area contributed by atoms with Crippen molar-refractivity contribution in [1.29, 1.82) is 0 Å². The third kappa shape index (κ3) is 1.66. The van der Waals surface area contributed by atoms with Gasteiger partial charge in [-0.05, 0) is 18.2 Å². The van der Waals surface area contributed by atoms with E-state index in [-0.39, 0.29) is 0 Å². The summed E-state index contributed by atoms with van der Waals surface area (Å²) in [5.41, 5.74) is 1.46. The topological polar surface area (TPSA) is 34.9 Å². The molecule has 1 aromatic carbocycles. The molecule has 4 heteroatoms. The van der Waals surface area contributed by atoms with Crippen molar-refractivity contribution in [2.24, 2.45) is 7.05 Å². The number of aryl methyl sites for hydroxylation is 1. The molecule has 0 N–H and O–H groups in total. The van der Waals surface area contributed by atoms with E-state index in [1.165, 1.54) is 6.07 Å². The molecule has 0 saturated carbocycles. The number of hydrogen-bond donors (Lipinski definition) is 0. The van der Waals surface area contributed by atoms with E-state index in [1.807, 2.05) is 0 Å². The Bertz CT molecular complexity index is 505. The second kappa shape index (κ2) is 3.65. The summed E-state index contributed by atoms with van der Waals surface area (Å²) in [6, 6.07) is 6.10. The minimum Gasteiger partial charge on any atom is -0.298 e. The number of carbonyl (C=O) groups excluding carboxylic acids is 1. The van der Waals surface area contributed by atoms with Crippen molar-refractivity contribution in [3.05, 3.63) is 41.8 Å². The highest BCUT2D eigenvalue weighted by Gasteiger charge is 2.08. The average molecular weight is 204 g/mol. The number of hydrogen-bond acceptors (Lipinski definition) is 2. The molecule has 0 aliphatic rings. The third-order valence-electron chi connectivity index (χ3n) is 2.23. The molecule has 1 aromatic heterocycles. The molecule has 0 radical (unpaired) electrons. The lowest BCUT2D eigenvalue weighted by Gasteiger charge is -2.03. The highest BCUT2D eigenvalue weighted by molar-refractivity contribution is 5.76. The lowest BCUT2D eigenvalue weighted by atomic mass is 10.1. The minimum absolute atomic E-state index is 0.332. The van der Waals surface area contributed by atoms with E-state index in [1.54, 1.807) is 36.1 Å². The highest BCUT2D eigenvalue weighted by Crippen LogP contribution is 2.22. The van der Waals surface area contributed by atoms with E-state index in [0.29, 0.717) is 23.1 Å². The van der Waals surface area contributed by atoms with Gasteiger partial charge in [0.25, 0.3) is 0 Å². The molecule has 0 spiro atoms. The van der Waals surface area contributed by atoms with Gasteiger partial charge in [0.1, 0.15) is 12.1 Å². The molecular weight excluding hydrogens is 195 g/mol. The van der Waals surface area contributed by atoms with Crippen LogP contribution in [0, 0.1) is 5.82 Å². The van der Waals surface area contributed by atoms with Gasteiger partial charge in [0.2, 0.25) is 0 Å². The van der Waals surface area contributed by atoms with Crippen LogP contribution in [0.2, 0.25) is 0 Å². The fourth-order valence-electron chi connectivity index (χ4n) is 1.45. The summed E-state index contributed by atoms with van der Waals surface area (Å²) in [6.45, 7) is 0. The molecule has 3 nitrogen and oxygen atoms in total. The van der Waals surface area contributed by atoms with E-state index in [4.69, 9.17) is 0 Å². The van der Waals surface area contributed by atoms with Gasteiger partial charge in [-0.25, -0.2) is 4.39 Å². The van der Waals surface area contributed by atoms with Crippen LogP contribution in [0.25, 0.3) is 11.3 Å². The molecule has 2 aromatic rings. The van der Waals surface area contributed by atoms with Gasteiger partial charge < -0.3 is 0 Å². The Balaban J connectivity index is 2.55. The van der Waals surface area contributed by atoms with Gasteiger partial charge >= 0.3 is 0 Å². The largest absolute Gasteiger partial charge is 0.298 e. The molecule has 0 unspecified atom stereocenters. The molecule has 0 fully saturated rings. The van der Waals surface area contributed by atoms with Crippen molar-refractivity contribution < 1.29 is 9.18 Å². The van der Waals surface area contributed by atoms with Gasteiger partial charge in [-0.15, -0.1) is 0 Å². The third-order valence-corrected chi connectivity index (χ3v) is 2.23. The highest BCUT2D eigenvalue weighted by atomic mass is 19.1. The molecule has 0 bridgehead atoms. The number of rotatable bonds is 2. The number of benzene rings is 1. The van der Waals surface area contributed by atoms with Crippen LogP contribution in [-0.4, -0.2) is 16.1 Å². The molecule has 1 heterocycles. The van der Waals surface area contributed by atoms with Crippen LogP contribution in [-0.2, 0) is 7.05 Å².